The van der Waals surface area contributed by atoms with Crippen LogP contribution in [0.25, 0.3) is 21.9 Å². The maximum Gasteiger partial charge on any atom is 0.272 e. The molecule has 4 aromatic rings. The first kappa shape index (κ1) is 16.7. The first-order valence-electron chi connectivity index (χ1n) is 9.63. The number of nitrogens with one attached hydrogen (secondary N) is 1. The Balaban J connectivity index is 1.33. The number of para-hydroxylation sites is 3. The van der Waals surface area contributed by atoms with Crippen molar-refractivity contribution in [2.75, 3.05) is 31.1 Å². The molecule has 28 heavy (non-hydrogen) atoms. The van der Waals surface area contributed by atoms with Crippen molar-refractivity contribution in [1.82, 2.24) is 19.9 Å². The lowest BCUT2D eigenvalue weighted by atomic mass is 10.2. The van der Waals surface area contributed by atoms with Gasteiger partial charge in [0.15, 0.2) is 0 Å². The standard InChI is InChI=1S/C22H21N5O/c28-21(20-11-10-16-6-1-2-7-17(16)23-20)26-12-5-13-27(15-14-26)22-24-18-8-3-4-9-19(18)25-22/h1-4,6-11H,5,12-15H2,(H,24,25). The topological polar surface area (TPSA) is 65.1 Å². The van der Waals surface area contributed by atoms with Crippen molar-refractivity contribution >= 4 is 33.8 Å². The number of fused-ring (bicyclic) bond motifs is 2. The van der Waals surface area contributed by atoms with Crippen LogP contribution in [0.3, 0.4) is 0 Å². The van der Waals surface area contributed by atoms with Crippen LogP contribution in [0.2, 0.25) is 0 Å². The number of hydrogen-bond donors (Lipinski definition) is 1. The van der Waals surface area contributed by atoms with Gasteiger partial charge in [-0.1, -0.05) is 36.4 Å². The first-order chi connectivity index (χ1) is 13.8. The van der Waals surface area contributed by atoms with Gasteiger partial charge in [0.05, 0.1) is 16.6 Å². The summed E-state index contributed by atoms with van der Waals surface area (Å²) in [5.41, 5.74) is 3.37. The summed E-state index contributed by atoms with van der Waals surface area (Å²) in [7, 11) is 0. The summed E-state index contributed by atoms with van der Waals surface area (Å²) in [5.74, 6) is 0.872. The largest absolute Gasteiger partial charge is 0.341 e. The number of pyridine rings is 1. The summed E-state index contributed by atoms with van der Waals surface area (Å²) in [6, 6.07) is 19.7. The van der Waals surface area contributed by atoms with E-state index in [0.717, 1.165) is 53.9 Å². The molecule has 1 N–H and O–H groups in total. The van der Waals surface area contributed by atoms with Crippen LogP contribution in [0, 0.1) is 0 Å². The summed E-state index contributed by atoms with van der Waals surface area (Å²) in [6.45, 7) is 3.00. The molecule has 1 fully saturated rings. The van der Waals surface area contributed by atoms with Gasteiger partial charge >= 0.3 is 0 Å². The lowest BCUT2D eigenvalue weighted by Crippen LogP contribution is -2.35. The Morgan fingerprint density at radius 1 is 0.821 bits per heavy atom. The Hall–Kier alpha value is -3.41. The summed E-state index contributed by atoms with van der Waals surface area (Å²) in [4.78, 5) is 29.8. The van der Waals surface area contributed by atoms with Crippen LogP contribution in [0.15, 0.2) is 60.7 Å². The molecule has 3 heterocycles. The highest BCUT2D eigenvalue weighted by Crippen LogP contribution is 2.19. The SMILES string of the molecule is O=C(c1ccc2ccccc2n1)N1CCCN(c2nc3ccccc3[nH]2)CC1. The highest BCUT2D eigenvalue weighted by Gasteiger charge is 2.22. The zero-order chi connectivity index (χ0) is 18.9. The van der Waals surface area contributed by atoms with E-state index in [9.17, 15) is 4.79 Å². The normalized spacial score (nSPS) is 15.1. The van der Waals surface area contributed by atoms with E-state index in [1.54, 1.807) is 0 Å². The number of aromatic nitrogens is 3. The van der Waals surface area contributed by atoms with E-state index in [4.69, 9.17) is 4.98 Å². The molecule has 0 radical (unpaired) electrons. The molecule has 1 saturated heterocycles. The highest BCUT2D eigenvalue weighted by atomic mass is 16.2. The van der Waals surface area contributed by atoms with Crippen LogP contribution >= 0.6 is 0 Å². The number of amides is 1. The molecule has 5 rings (SSSR count). The fourth-order valence-corrected chi connectivity index (χ4v) is 3.77. The maximum absolute atomic E-state index is 13.0. The summed E-state index contributed by atoms with van der Waals surface area (Å²) in [5, 5.41) is 1.05. The van der Waals surface area contributed by atoms with Gasteiger partial charge in [-0.05, 0) is 30.7 Å². The van der Waals surface area contributed by atoms with Gasteiger partial charge in [0.1, 0.15) is 5.69 Å². The number of hydrogen-bond acceptors (Lipinski definition) is 4. The van der Waals surface area contributed by atoms with Crippen molar-refractivity contribution in [3.63, 3.8) is 0 Å². The number of benzene rings is 2. The van der Waals surface area contributed by atoms with Crippen molar-refractivity contribution in [2.45, 2.75) is 6.42 Å². The smallest absolute Gasteiger partial charge is 0.272 e. The van der Waals surface area contributed by atoms with Gasteiger partial charge in [-0.15, -0.1) is 0 Å². The van der Waals surface area contributed by atoms with Crippen LogP contribution in [0.5, 0.6) is 0 Å². The average Bonchev–Trinajstić information content (AvgIpc) is 3.02. The second-order valence-electron chi connectivity index (χ2n) is 7.10. The fourth-order valence-electron chi connectivity index (χ4n) is 3.77. The number of imidazole rings is 1. The van der Waals surface area contributed by atoms with E-state index in [1.165, 1.54) is 0 Å². The van der Waals surface area contributed by atoms with Crippen LogP contribution in [0.4, 0.5) is 5.95 Å². The quantitative estimate of drug-likeness (QED) is 0.586. The van der Waals surface area contributed by atoms with E-state index in [2.05, 4.69) is 14.9 Å². The minimum atomic E-state index is -0.00258. The third kappa shape index (κ3) is 3.07. The molecule has 6 heteroatoms. The number of H-pyrrole nitrogens is 1. The molecular formula is C22H21N5O. The minimum absolute atomic E-state index is 0.00258. The minimum Gasteiger partial charge on any atom is -0.341 e. The fraction of sp³-hybridized carbons (Fsp3) is 0.227. The van der Waals surface area contributed by atoms with Crippen molar-refractivity contribution in [3.05, 3.63) is 66.4 Å². The van der Waals surface area contributed by atoms with Crippen molar-refractivity contribution in [3.8, 4) is 0 Å². The predicted molar refractivity (Wildman–Crippen MR) is 111 cm³/mol. The Morgan fingerprint density at radius 3 is 2.54 bits per heavy atom. The number of carbonyl (C=O) groups excluding carboxylic acids is 1. The molecule has 1 aliphatic rings. The molecule has 0 aliphatic carbocycles. The maximum atomic E-state index is 13.0. The van der Waals surface area contributed by atoms with E-state index in [-0.39, 0.29) is 5.91 Å². The van der Waals surface area contributed by atoms with Crippen LogP contribution in [-0.2, 0) is 0 Å². The highest BCUT2D eigenvalue weighted by molar-refractivity contribution is 5.95. The van der Waals surface area contributed by atoms with Crippen LogP contribution in [0.1, 0.15) is 16.9 Å². The van der Waals surface area contributed by atoms with E-state index >= 15 is 0 Å². The zero-order valence-corrected chi connectivity index (χ0v) is 15.5. The number of nitrogens with zero attached hydrogens (tertiary/aromatic N) is 4. The molecular weight excluding hydrogens is 350 g/mol. The predicted octanol–water partition coefficient (Wildman–Crippen LogP) is 3.46. The second kappa shape index (κ2) is 6.96. The van der Waals surface area contributed by atoms with Gasteiger partial charge in [0, 0.05) is 31.6 Å². The second-order valence-corrected chi connectivity index (χ2v) is 7.10. The lowest BCUT2D eigenvalue weighted by Gasteiger charge is -2.21. The number of rotatable bonds is 2. The number of anilines is 1. The first-order valence-corrected chi connectivity index (χ1v) is 9.63. The van der Waals surface area contributed by atoms with Crippen molar-refractivity contribution < 1.29 is 4.79 Å². The third-order valence-corrected chi connectivity index (χ3v) is 5.28. The molecule has 140 valence electrons. The van der Waals surface area contributed by atoms with Gasteiger partial charge in [-0.2, -0.15) is 0 Å². The molecule has 1 aliphatic heterocycles. The summed E-state index contributed by atoms with van der Waals surface area (Å²) < 4.78 is 0. The Kier molecular flexibility index (Phi) is 4.16. The molecule has 0 bridgehead atoms. The van der Waals surface area contributed by atoms with Crippen molar-refractivity contribution in [2.24, 2.45) is 0 Å². The molecule has 2 aromatic carbocycles. The molecule has 2 aromatic heterocycles. The molecule has 0 saturated carbocycles. The van der Waals surface area contributed by atoms with Gasteiger partial charge < -0.3 is 14.8 Å². The number of aromatic amines is 1. The van der Waals surface area contributed by atoms with Gasteiger partial charge in [-0.25, -0.2) is 9.97 Å². The summed E-state index contributed by atoms with van der Waals surface area (Å²) in [6.07, 6.45) is 0.899. The van der Waals surface area contributed by atoms with E-state index in [0.29, 0.717) is 12.2 Å². The molecule has 1 amide bonds. The third-order valence-electron chi connectivity index (χ3n) is 5.28. The van der Waals surface area contributed by atoms with Crippen molar-refractivity contribution in [1.29, 1.82) is 0 Å². The zero-order valence-electron chi connectivity index (χ0n) is 15.5. The Bertz CT molecular complexity index is 1120. The van der Waals surface area contributed by atoms with Gasteiger partial charge in [0.25, 0.3) is 5.91 Å². The lowest BCUT2D eigenvalue weighted by molar-refractivity contribution is 0.0761. The Morgan fingerprint density at radius 2 is 1.64 bits per heavy atom. The summed E-state index contributed by atoms with van der Waals surface area (Å²) >= 11 is 0. The number of carbonyl (C=O) groups is 1. The molecule has 0 spiro atoms. The Labute approximate surface area is 162 Å². The van der Waals surface area contributed by atoms with Crippen LogP contribution < -0.4 is 4.90 Å². The van der Waals surface area contributed by atoms with E-state index in [1.807, 2.05) is 65.6 Å². The molecule has 6 nitrogen and oxygen atoms in total. The molecule has 0 atom stereocenters. The van der Waals surface area contributed by atoms with Gasteiger partial charge in [-0.3, -0.25) is 4.79 Å². The van der Waals surface area contributed by atoms with Crippen LogP contribution in [-0.4, -0.2) is 51.9 Å². The monoisotopic (exact) mass is 371 g/mol. The van der Waals surface area contributed by atoms with E-state index < -0.39 is 0 Å². The molecule has 0 unspecified atom stereocenters. The van der Waals surface area contributed by atoms with Gasteiger partial charge in [0.2, 0.25) is 5.95 Å². The average molecular weight is 371 g/mol.